The molecular weight excluding hydrogens is 114 g/mol. The van der Waals surface area contributed by atoms with Crippen LogP contribution in [0.3, 0.4) is 0 Å². The van der Waals surface area contributed by atoms with Crippen molar-refractivity contribution >= 4 is 0 Å². The Hall–Kier alpha value is -0.550. The Kier molecular flexibility index (Phi) is 5.24. The van der Waals surface area contributed by atoms with Gasteiger partial charge in [-0.25, -0.2) is 0 Å². The van der Waals surface area contributed by atoms with E-state index in [0.717, 1.165) is 6.42 Å². The van der Waals surface area contributed by atoms with Gasteiger partial charge in [-0.2, -0.15) is 5.26 Å². The van der Waals surface area contributed by atoms with Crippen molar-refractivity contribution in [1.29, 1.82) is 5.26 Å². The van der Waals surface area contributed by atoms with Gasteiger partial charge in [0, 0.05) is 0 Å². The van der Waals surface area contributed by atoms with Gasteiger partial charge in [0.25, 0.3) is 0 Å². The molecular formula is C7H13NO. The van der Waals surface area contributed by atoms with Crippen LogP contribution >= 0.6 is 0 Å². The summed E-state index contributed by atoms with van der Waals surface area (Å²) in [4.78, 5) is 0. The maximum Gasteiger partial charge on any atom is 0.0645 e. The van der Waals surface area contributed by atoms with Crippen LogP contribution in [0.25, 0.3) is 0 Å². The number of hydrogen-bond acceptors (Lipinski definition) is 2. The normalized spacial score (nSPS) is 12.6. The van der Waals surface area contributed by atoms with Crippen LogP contribution < -0.4 is 0 Å². The minimum Gasteiger partial charge on any atom is -0.377 e. The molecule has 0 N–H and O–H groups in total. The zero-order chi connectivity index (χ0) is 7.11. The summed E-state index contributed by atoms with van der Waals surface area (Å²) in [5.41, 5.74) is 0. The van der Waals surface area contributed by atoms with Gasteiger partial charge in [-0.1, -0.05) is 6.92 Å². The number of nitrogens with zero attached hydrogens (tertiary/aromatic N) is 1. The van der Waals surface area contributed by atoms with E-state index in [1.807, 2.05) is 13.0 Å². The van der Waals surface area contributed by atoms with Crippen LogP contribution in [-0.4, -0.2) is 12.7 Å². The summed E-state index contributed by atoms with van der Waals surface area (Å²) in [6, 6.07) is 2.02. The predicted molar refractivity (Wildman–Crippen MR) is 35.9 cm³/mol. The highest BCUT2D eigenvalue weighted by Gasteiger charge is 1.95. The largest absolute Gasteiger partial charge is 0.377 e. The van der Waals surface area contributed by atoms with Crippen LogP contribution in [-0.2, 0) is 4.74 Å². The van der Waals surface area contributed by atoms with Gasteiger partial charge in [0.2, 0.25) is 0 Å². The molecule has 0 aromatic rings. The van der Waals surface area contributed by atoms with Crippen LogP contribution in [0.15, 0.2) is 0 Å². The molecule has 0 aliphatic rings. The SMILES string of the molecule is CC[C@@H](C)OCCC#N. The zero-order valence-corrected chi connectivity index (χ0v) is 6.05. The molecule has 0 aliphatic heterocycles. The van der Waals surface area contributed by atoms with Crippen molar-refractivity contribution < 1.29 is 4.74 Å². The molecule has 0 saturated carbocycles. The maximum atomic E-state index is 8.12. The molecule has 0 radical (unpaired) electrons. The third-order valence-electron chi connectivity index (χ3n) is 1.19. The molecule has 0 amide bonds. The minimum absolute atomic E-state index is 0.304. The van der Waals surface area contributed by atoms with Gasteiger partial charge >= 0.3 is 0 Å². The monoisotopic (exact) mass is 127 g/mol. The van der Waals surface area contributed by atoms with Crippen LogP contribution in [0.4, 0.5) is 0 Å². The quantitative estimate of drug-likeness (QED) is 0.538. The summed E-state index contributed by atoms with van der Waals surface area (Å²) in [6.07, 6.45) is 1.83. The lowest BCUT2D eigenvalue weighted by Gasteiger charge is -2.06. The summed E-state index contributed by atoms with van der Waals surface area (Å²) in [7, 11) is 0. The molecule has 1 atom stereocenters. The molecule has 0 saturated heterocycles. The number of hydrogen-bond donors (Lipinski definition) is 0. The first-order valence-corrected chi connectivity index (χ1v) is 3.29. The van der Waals surface area contributed by atoms with Crippen molar-refractivity contribution in [1.82, 2.24) is 0 Å². The van der Waals surface area contributed by atoms with Gasteiger partial charge in [0.15, 0.2) is 0 Å². The third-order valence-corrected chi connectivity index (χ3v) is 1.19. The Bertz CT molecular complexity index is 95.6. The topological polar surface area (TPSA) is 33.0 Å². The summed E-state index contributed by atoms with van der Waals surface area (Å²) >= 11 is 0. The standard InChI is InChI=1S/C7H13NO/c1-3-7(2)9-6-4-5-8/h7H,3-4,6H2,1-2H3/t7-/m1/s1. The summed E-state index contributed by atoms with van der Waals surface area (Å²) in [5, 5.41) is 8.12. The molecule has 0 heterocycles. The van der Waals surface area contributed by atoms with Gasteiger partial charge in [0.05, 0.1) is 25.2 Å². The molecule has 0 aromatic carbocycles. The molecule has 0 fully saturated rings. The van der Waals surface area contributed by atoms with E-state index in [1.54, 1.807) is 0 Å². The van der Waals surface area contributed by atoms with E-state index in [4.69, 9.17) is 10.00 Å². The third kappa shape index (κ3) is 5.32. The lowest BCUT2D eigenvalue weighted by atomic mass is 10.3. The van der Waals surface area contributed by atoms with E-state index >= 15 is 0 Å². The van der Waals surface area contributed by atoms with Crippen molar-refractivity contribution in [3.63, 3.8) is 0 Å². The van der Waals surface area contributed by atoms with Gasteiger partial charge in [0.1, 0.15) is 0 Å². The average molecular weight is 127 g/mol. The van der Waals surface area contributed by atoms with Crippen molar-refractivity contribution in [2.24, 2.45) is 0 Å². The lowest BCUT2D eigenvalue weighted by molar-refractivity contribution is 0.0678. The van der Waals surface area contributed by atoms with E-state index in [0.29, 0.717) is 19.1 Å². The first-order valence-electron chi connectivity index (χ1n) is 3.29. The van der Waals surface area contributed by atoms with Crippen molar-refractivity contribution in [2.75, 3.05) is 6.61 Å². The molecule has 2 heteroatoms. The second-order valence-electron chi connectivity index (χ2n) is 2.00. The van der Waals surface area contributed by atoms with E-state index < -0.39 is 0 Å². The van der Waals surface area contributed by atoms with E-state index in [2.05, 4.69) is 6.92 Å². The Balaban J connectivity index is 2.99. The zero-order valence-electron chi connectivity index (χ0n) is 6.05. The minimum atomic E-state index is 0.304. The summed E-state index contributed by atoms with van der Waals surface area (Å²) < 4.78 is 5.21. The predicted octanol–water partition coefficient (Wildman–Crippen LogP) is 1.72. The summed E-state index contributed by atoms with van der Waals surface area (Å²) in [5.74, 6) is 0. The van der Waals surface area contributed by atoms with Crippen LogP contribution in [0, 0.1) is 11.3 Å². The average Bonchev–Trinajstić information content (AvgIpc) is 1.89. The van der Waals surface area contributed by atoms with E-state index in [9.17, 15) is 0 Å². The molecule has 52 valence electrons. The Morgan fingerprint density at radius 1 is 1.67 bits per heavy atom. The molecule has 0 bridgehead atoms. The fourth-order valence-corrected chi connectivity index (χ4v) is 0.424. The van der Waals surface area contributed by atoms with Gasteiger partial charge in [-0.3, -0.25) is 0 Å². The second kappa shape index (κ2) is 5.58. The van der Waals surface area contributed by atoms with Crippen LogP contribution in [0.5, 0.6) is 0 Å². The summed E-state index contributed by atoms with van der Waals surface area (Å²) in [6.45, 7) is 4.65. The van der Waals surface area contributed by atoms with Crippen molar-refractivity contribution in [3.8, 4) is 6.07 Å². The Morgan fingerprint density at radius 3 is 2.78 bits per heavy atom. The first-order chi connectivity index (χ1) is 4.31. The first kappa shape index (κ1) is 8.45. The number of nitriles is 1. The van der Waals surface area contributed by atoms with Crippen molar-refractivity contribution in [2.45, 2.75) is 32.8 Å². The molecule has 0 spiro atoms. The van der Waals surface area contributed by atoms with Gasteiger partial charge in [-0.15, -0.1) is 0 Å². The fraction of sp³-hybridized carbons (Fsp3) is 0.857. The van der Waals surface area contributed by atoms with E-state index in [1.165, 1.54) is 0 Å². The highest BCUT2D eigenvalue weighted by atomic mass is 16.5. The molecule has 0 aliphatic carbocycles. The molecule has 2 nitrogen and oxygen atoms in total. The highest BCUT2D eigenvalue weighted by Crippen LogP contribution is 1.95. The molecule has 0 aromatic heterocycles. The Labute approximate surface area is 56.4 Å². The number of ether oxygens (including phenoxy) is 1. The van der Waals surface area contributed by atoms with Crippen LogP contribution in [0.1, 0.15) is 26.7 Å². The Morgan fingerprint density at radius 2 is 2.33 bits per heavy atom. The second-order valence-corrected chi connectivity index (χ2v) is 2.00. The van der Waals surface area contributed by atoms with E-state index in [-0.39, 0.29) is 0 Å². The smallest absolute Gasteiger partial charge is 0.0645 e. The fourth-order valence-electron chi connectivity index (χ4n) is 0.424. The lowest BCUT2D eigenvalue weighted by Crippen LogP contribution is -2.06. The maximum absolute atomic E-state index is 8.12. The van der Waals surface area contributed by atoms with Crippen LogP contribution in [0.2, 0.25) is 0 Å². The highest BCUT2D eigenvalue weighted by molar-refractivity contribution is 4.67. The van der Waals surface area contributed by atoms with Gasteiger partial charge in [-0.05, 0) is 13.3 Å². The molecule has 0 rings (SSSR count). The van der Waals surface area contributed by atoms with Crippen molar-refractivity contribution in [3.05, 3.63) is 0 Å². The molecule has 0 unspecified atom stereocenters. The number of rotatable bonds is 4. The van der Waals surface area contributed by atoms with Gasteiger partial charge < -0.3 is 4.74 Å². The molecule has 9 heavy (non-hydrogen) atoms.